The fraction of sp³-hybridized carbons (Fsp3) is 0.0556. The fourth-order valence-electron chi connectivity index (χ4n) is 2.80. The number of nitriles is 1. The van der Waals surface area contributed by atoms with Gasteiger partial charge in [-0.05, 0) is 17.7 Å². The highest BCUT2D eigenvalue weighted by molar-refractivity contribution is 6.14. The van der Waals surface area contributed by atoms with Crippen LogP contribution in [0.3, 0.4) is 0 Å². The third-order valence-corrected chi connectivity index (χ3v) is 3.90. The molecule has 3 aromatic rings. The molecule has 1 unspecified atom stereocenters. The summed E-state index contributed by atoms with van der Waals surface area (Å²) < 4.78 is 1.53. The van der Waals surface area contributed by atoms with E-state index in [1.807, 2.05) is 60.7 Å². The molecular weight excluding hydrogens is 302 g/mol. The summed E-state index contributed by atoms with van der Waals surface area (Å²) in [5, 5.41) is 12.7. The summed E-state index contributed by atoms with van der Waals surface area (Å²) in [7, 11) is 0. The molecule has 1 atom stereocenters. The monoisotopic (exact) mass is 315 g/mol. The molecule has 0 saturated carbocycles. The van der Waals surface area contributed by atoms with Gasteiger partial charge in [-0.2, -0.15) is 5.26 Å². The van der Waals surface area contributed by atoms with E-state index in [2.05, 4.69) is 21.4 Å². The number of hydrogen-bond acceptors (Lipinski definition) is 4. The normalized spacial score (nSPS) is 15.8. The zero-order valence-electron chi connectivity index (χ0n) is 12.6. The van der Waals surface area contributed by atoms with Gasteiger partial charge in [0.2, 0.25) is 0 Å². The number of benzene rings is 2. The van der Waals surface area contributed by atoms with Gasteiger partial charge in [0.25, 0.3) is 0 Å². The minimum Gasteiger partial charge on any atom is -0.344 e. The number of rotatable bonds is 2. The van der Waals surface area contributed by atoms with E-state index >= 15 is 0 Å². The second-order valence-corrected chi connectivity index (χ2v) is 5.37. The van der Waals surface area contributed by atoms with Crippen molar-refractivity contribution in [2.24, 2.45) is 4.99 Å². The Morgan fingerprint density at radius 2 is 1.71 bits per heavy atom. The van der Waals surface area contributed by atoms with Crippen LogP contribution in [0.2, 0.25) is 0 Å². The highest BCUT2D eigenvalue weighted by Gasteiger charge is 2.27. The van der Waals surface area contributed by atoms with Crippen LogP contribution in [-0.4, -0.2) is 15.3 Å². The molecular formula is C18H13N5O. The Hall–Kier alpha value is -3.59. The first-order valence-electron chi connectivity index (χ1n) is 7.48. The molecule has 0 amide bonds. The number of H-pyrrole nitrogens is 1. The van der Waals surface area contributed by atoms with Crippen molar-refractivity contribution in [2.75, 3.05) is 5.32 Å². The average molecular weight is 315 g/mol. The first kappa shape index (κ1) is 14.0. The second-order valence-electron chi connectivity index (χ2n) is 5.37. The average Bonchev–Trinajstić information content (AvgIpc) is 2.98. The lowest BCUT2D eigenvalue weighted by atomic mass is 10.1. The first-order valence-corrected chi connectivity index (χ1v) is 7.48. The van der Waals surface area contributed by atoms with Crippen molar-refractivity contribution in [3.8, 4) is 11.8 Å². The van der Waals surface area contributed by atoms with Crippen LogP contribution in [0.15, 0.2) is 70.5 Å². The van der Waals surface area contributed by atoms with E-state index in [-0.39, 0.29) is 11.4 Å². The highest BCUT2D eigenvalue weighted by atomic mass is 16.1. The van der Waals surface area contributed by atoms with E-state index in [9.17, 15) is 10.1 Å². The Morgan fingerprint density at radius 1 is 1.04 bits per heavy atom. The summed E-state index contributed by atoms with van der Waals surface area (Å²) in [5.74, 6) is 0.548. The maximum Gasteiger partial charge on any atom is 0.332 e. The van der Waals surface area contributed by atoms with Gasteiger partial charge in [0.1, 0.15) is 23.7 Å². The standard InChI is InChI=1S/C18H13N5O/c19-11-14-15-17(22-16(20-14)12-7-3-1-4-8-12)23(18(24)21-15)13-9-5-2-6-10-13/h1-10,16,22H,(H,21,24). The van der Waals surface area contributed by atoms with Gasteiger partial charge in [0.05, 0.1) is 5.69 Å². The number of nitrogens with zero attached hydrogens (tertiary/aromatic N) is 3. The van der Waals surface area contributed by atoms with Crippen LogP contribution in [-0.2, 0) is 0 Å². The molecule has 2 N–H and O–H groups in total. The number of nitrogens with one attached hydrogen (secondary N) is 2. The molecule has 6 nitrogen and oxygen atoms in total. The minimum absolute atomic E-state index is 0.212. The fourth-order valence-corrected chi connectivity index (χ4v) is 2.80. The summed E-state index contributed by atoms with van der Waals surface area (Å²) in [6.45, 7) is 0. The van der Waals surface area contributed by atoms with Gasteiger partial charge >= 0.3 is 5.69 Å². The van der Waals surface area contributed by atoms with E-state index in [0.29, 0.717) is 11.5 Å². The summed E-state index contributed by atoms with van der Waals surface area (Å²) in [6, 6.07) is 21.0. The van der Waals surface area contributed by atoms with Crippen molar-refractivity contribution >= 4 is 11.5 Å². The molecule has 6 heteroatoms. The van der Waals surface area contributed by atoms with E-state index in [0.717, 1.165) is 11.3 Å². The summed E-state index contributed by atoms with van der Waals surface area (Å²) >= 11 is 0. The molecule has 1 aromatic heterocycles. The van der Waals surface area contributed by atoms with Crippen molar-refractivity contribution in [1.29, 1.82) is 5.26 Å². The second kappa shape index (κ2) is 5.56. The third kappa shape index (κ3) is 2.20. The van der Waals surface area contributed by atoms with Gasteiger partial charge in [0, 0.05) is 0 Å². The first-order chi connectivity index (χ1) is 11.8. The molecule has 1 aliphatic rings. The van der Waals surface area contributed by atoms with Crippen LogP contribution in [0.4, 0.5) is 5.82 Å². The maximum absolute atomic E-state index is 12.4. The Balaban J connectivity index is 1.89. The predicted octanol–water partition coefficient (Wildman–Crippen LogP) is 2.60. The molecule has 1 aliphatic heterocycles. The number of aromatic nitrogens is 2. The molecule has 2 aromatic carbocycles. The van der Waals surface area contributed by atoms with E-state index in [1.165, 1.54) is 4.57 Å². The molecule has 0 aliphatic carbocycles. The lowest BCUT2D eigenvalue weighted by molar-refractivity contribution is 0.810. The van der Waals surface area contributed by atoms with E-state index in [1.54, 1.807) is 0 Å². The number of para-hydroxylation sites is 1. The van der Waals surface area contributed by atoms with Crippen molar-refractivity contribution in [2.45, 2.75) is 6.17 Å². The van der Waals surface area contributed by atoms with Crippen LogP contribution in [0, 0.1) is 11.3 Å². The van der Waals surface area contributed by atoms with Crippen LogP contribution in [0.1, 0.15) is 17.4 Å². The number of aromatic amines is 1. The number of aliphatic imine (C=N–C) groups is 1. The Kier molecular flexibility index (Phi) is 3.25. The molecule has 0 spiro atoms. The SMILES string of the molecule is N#CC1=NC(c2ccccc2)Nc2c1[nH]c(=O)n2-c1ccccc1. The smallest absolute Gasteiger partial charge is 0.332 e. The Bertz CT molecular complexity index is 1010. The molecule has 116 valence electrons. The molecule has 4 rings (SSSR count). The van der Waals surface area contributed by atoms with Crippen LogP contribution in [0.25, 0.3) is 5.69 Å². The molecule has 2 heterocycles. The number of hydrogen-bond donors (Lipinski definition) is 2. The molecule has 0 saturated heterocycles. The number of imidazole rings is 1. The highest BCUT2D eigenvalue weighted by Crippen LogP contribution is 2.29. The molecule has 0 fully saturated rings. The zero-order valence-corrected chi connectivity index (χ0v) is 12.6. The lowest BCUT2D eigenvalue weighted by Crippen LogP contribution is -2.21. The van der Waals surface area contributed by atoms with Gasteiger partial charge in [-0.1, -0.05) is 48.5 Å². The van der Waals surface area contributed by atoms with Gasteiger partial charge in [-0.3, -0.25) is 0 Å². The topological polar surface area (TPSA) is 86.0 Å². The van der Waals surface area contributed by atoms with Gasteiger partial charge in [-0.15, -0.1) is 0 Å². The summed E-state index contributed by atoms with van der Waals surface area (Å²) in [4.78, 5) is 19.6. The van der Waals surface area contributed by atoms with Gasteiger partial charge < -0.3 is 10.3 Å². The summed E-state index contributed by atoms with van der Waals surface area (Å²) in [5.41, 5.74) is 1.96. The maximum atomic E-state index is 12.4. The van der Waals surface area contributed by atoms with E-state index < -0.39 is 6.17 Å². The molecule has 24 heavy (non-hydrogen) atoms. The number of fused-ring (bicyclic) bond motifs is 1. The van der Waals surface area contributed by atoms with Crippen molar-refractivity contribution in [3.05, 3.63) is 82.4 Å². The van der Waals surface area contributed by atoms with Gasteiger partial charge in [-0.25, -0.2) is 14.4 Å². The predicted molar refractivity (Wildman–Crippen MR) is 91.3 cm³/mol. The van der Waals surface area contributed by atoms with Crippen LogP contribution < -0.4 is 11.0 Å². The zero-order chi connectivity index (χ0) is 16.5. The van der Waals surface area contributed by atoms with Crippen molar-refractivity contribution < 1.29 is 0 Å². The Labute approximate surface area is 137 Å². The third-order valence-electron chi connectivity index (χ3n) is 3.90. The van der Waals surface area contributed by atoms with Gasteiger partial charge in [0.15, 0.2) is 5.71 Å². The van der Waals surface area contributed by atoms with Crippen molar-refractivity contribution in [3.63, 3.8) is 0 Å². The lowest BCUT2D eigenvalue weighted by Gasteiger charge is -2.22. The quantitative estimate of drug-likeness (QED) is 0.762. The van der Waals surface area contributed by atoms with E-state index in [4.69, 9.17) is 0 Å². The summed E-state index contributed by atoms with van der Waals surface area (Å²) in [6.07, 6.45) is -0.418. The molecule has 0 radical (unpaired) electrons. The van der Waals surface area contributed by atoms with Crippen LogP contribution >= 0.6 is 0 Å². The van der Waals surface area contributed by atoms with Crippen LogP contribution in [0.5, 0.6) is 0 Å². The Morgan fingerprint density at radius 3 is 2.38 bits per heavy atom. The molecule has 0 bridgehead atoms. The largest absolute Gasteiger partial charge is 0.344 e. The minimum atomic E-state index is -0.418. The number of anilines is 1. The van der Waals surface area contributed by atoms with Crippen molar-refractivity contribution in [1.82, 2.24) is 9.55 Å².